The molecule has 0 aliphatic carbocycles. The molecule has 184 valence electrons. The summed E-state index contributed by atoms with van der Waals surface area (Å²) in [6.45, 7) is 3.00. The van der Waals surface area contributed by atoms with E-state index in [1.807, 2.05) is 23.1 Å². The molecule has 0 aromatic heterocycles. The van der Waals surface area contributed by atoms with Crippen molar-refractivity contribution in [2.45, 2.75) is 31.1 Å². The first-order valence-electron chi connectivity index (χ1n) is 11.6. The lowest BCUT2D eigenvalue weighted by Crippen LogP contribution is -2.34. The summed E-state index contributed by atoms with van der Waals surface area (Å²) in [7, 11) is -3.37. The smallest absolute Gasteiger partial charge is 0.243 e. The van der Waals surface area contributed by atoms with Crippen LogP contribution in [-0.2, 0) is 14.6 Å². The molecule has 0 spiro atoms. The van der Waals surface area contributed by atoms with Crippen LogP contribution in [0.1, 0.15) is 31.7 Å². The van der Waals surface area contributed by atoms with E-state index in [0.717, 1.165) is 30.5 Å². The largest absolute Gasteiger partial charge is 0.384 e. The minimum absolute atomic E-state index is 0.0117. The topological polar surface area (TPSA) is 116 Å². The fraction of sp³-hybridized carbons (Fsp3) is 0.259. The van der Waals surface area contributed by atoms with Crippen molar-refractivity contribution in [3.63, 3.8) is 0 Å². The first kappa shape index (κ1) is 26.0. The Morgan fingerprint density at radius 2 is 1.71 bits per heavy atom. The van der Waals surface area contributed by atoms with Crippen LogP contribution in [-0.4, -0.2) is 39.5 Å². The van der Waals surface area contributed by atoms with E-state index in [-0.39, 0.29) is 23.2 Å². The van der Waals surface area contributed by atoms with Crippen LogP contribution in [0.4, 0.5) is 11.4 Å². The van der Waals surface area contributed by atoms with Gasteiger partial charge < -0.3 is 16.0 Å². The van der Waals surface area contributed by atoms with Crippen molar-refractivity contribution in [3.8, 4) is 11.1 Å². The number of amides is 1. The van der Waals surface area contributed by atoms with Crippen LogP contribution in [0.25, 0.3) is 11.1 Å². The maximum absolute atomic E-state index is 12.9. The number of amidine groups is 1. The monoisotopic (exact) mass is 492 g/mol. The fourth-order valence-corrected chi connectivity index (χ4v) is 4.77. The minimum atomic E-state index is -3.37. The average Bonchev–Trinajstić information content (AvgIpc) is 2.83. The second-order valence-electron chi connectivity index (χ2n) is 8.49. The summed E-state index contributed by atoms with van der Waals surface area (Å²) in [5, 5.41) is 10.6. The van der Waals surface area contributed by atoms with Gasteiger partial charge >= 0.3 is 0 Å². The lowest BCUT2D eigenvalue weighted by molar-refractivity contribution is -0.115. The number of sulfone groups is 1. The number of anilines is 2. The SMILES string of the molecule is CCCCCN(CC(=O)Nc1ccc(-c2ccccc2S(C)(=O)=O)cc1)c1cccc(C(=N)N)c1. The minimum Gasteiger partial charge on any atom is -0.384 e. The van der Waals surface area contributed by atoms with Gasteiger partial charge in [-0.1, -0.05) is 62.2 Å². The van der Waals surface area contributed by atoms with Gasteiger partial charge in [0.2, 0.25) is 5.91 Å². The number of hydrogen-bond acceptors (Lipinski definition) is 5. The van der Waals surface area contributed by atoms with Gasteiger partial charge in [-0.05, 0) is 42.3 Å². The molecular weight excluding hydrogens is 460 g/mol. The molecule has 0 saturated heterocycles. The predicted octanol–water partition coefficient (Wildman–Crippen LogP) is 4.68. The van der Waals surface area contributed by atoms with E-state index < -0.39 is 9.84 Å². The second kappa shape index (κ2) is 11.7. The van der Waals surface area contributed by atoms with Crippen LogP contribution >= 0.6 is 0 Å². The molecule has 3 rings (SSSR count). The van der Waals surface area contributed by atoms with Gasteiger partial charge in [-0.25, -0.2) is 8.42 Å². The summed E-state index contributed by atoms with van der Waals surface area (Å²) in [4.78, 5) is 15.2. The summed E-state index contributed by atoms with van der Waals surface area (Å²) in [5.41, 5.74) is 9.12. The van der Waals surface area contributed by atoms with Crippen molar-refractivity contribution >= 4 is 33.0 Å². The van der Waals surface area contributed by atoms with Crippen LogP contribution < -0.4 is 16.0 Å². The number of nitrogens with zero attached hydrogens (tertiary/aromatic N) is 1. The zero-order chi connectivity index (χ0) is 25.4. The highest BCUT2D eigenvalue weighted by Crippen LogP contribution is 2.28. The number of nitrogen functional groups attached to an aromatic ring is 1. The highest BCUT2D eigenvalue weighted by atomic mass is 32.2. The maximum atomic E-state index is 12.9. The molecule has 0 radical (unpaired) electrons. The number of unbranched alkanes of at least 4 members (excludes halogenated alkanes) is 2. The summed E-state index contributed by atoms with van der Waals surface area (Å²) in [6, 6.07) is 21.4. The number of carbonyl (C=O) groups is 1. The van der Waals surface area contributed by atoms with Gasteiger partial charge in [0.05, 0.1) is 11.4 Å². The van der Waals surface area contributed by atoms with Crippen molar-refractivity contribution in [2.75, 3.05) is 29.6 Å². The Bertz CT molecular complexity index is 1290. The van der Waals surface area contributed by atoms with Gasteiger partial charge in [-0.15, -0.1) is 0 Å². The van der Waals surface area contributed by atoms with Crippen molar-refractivity contribution in [1.29, 1.82) is 5.41 Å². The first-order chi connectivity index (χ1) is 16.7. The molecule has 0 atom stereocenters. The van der Waals surface area contributed by atoms with Crippen LogP contribution in [0.15, 0.2) is 77.7 Å². The van der Waals surface area contributed by atoms with E-state index in [1.54, 1.807) is 54.6 Å². The van der Waals surface area contributed by atoms with Crippen molar-refractivity contribution < 1.29 is 13.2 Å². The van der Waals surface area contributed by atoms with Gasteiger partial charge in [0.1, 0.15) is 5.84 Å². The van der Waals surface area contributed by atoms with E-state index in [0.29, 0.717) is 23.4 Å². The Morgan fingerprint density at radius 1 is 1.00 bits per heavy atom. The van der Waals surface area contributed by atoms with E-state index in [1.165, 1.54) is 6.26 Å². The highest BCUT2D eigenvalue weighted by molar-refractivity contribution is 7.90. The third-order valence-electron chi connectivity index (χ3n) is 5.65. The standard InChI is InChI=1S/C27H32N4O3S/c1-3-4-7-17-31(23-10-8-9-21(18-23)27(28)29)19-26(32)30-22-15-13-20(14-16-22)24-11-5-6-12-25(24)35(2,33)34/h5-6,8-16,18H,3-4,7,17,19H2,1-2H3,(H3,28,29)(H,30,32). The summed E-state index contributed by atoms with van der Waals surface area (Å²) in [6.07, 6.45) is 4.27. The molecule has 0 aliphatic rings. The molecule has 0 fully saturated rings. The fourth-order valence-electron chi connectivity index (χ4n) is 3.86. The Hall–Kier alpha value is -3.65. The molecule has 4 N–H and O–H groups in total. The second-order valence-corrected chi connectivity index (χ2v) is 10.5. The quantitative estimate of drug-likeness (QED) is 0.204. The zero-order valence-corrected chi connectivity index (χ0v) is 20.9. The van der Waals surface area contributed by atoms with Crippen LogP contribution in [0.5, 0.6) is 0 Å². The Balaban J connectivity index is 1.74. The van der Waals surface area contributed by atoms with E-state index in [9.17, 15) is 13.2 Å². The van der Waals surface area contributed by atoms with Gasteiger partial charge in [0.25, 0.3) is 0 Å². The molecule has 0 unspecified atom stereocenters. The molecule has 0 heterocycles. The number of nitrogens with two attached hydrogens (primary N) is 1. The molecule has 3 aromatic rings. The van der Waals surface area contributed by atoms with E-state index in [2.05, 4.69) is 12.2 Å². The molecular formula is C27H32N4O3S. The molecule has 3 aromatic carbocycles. The predicted molar refractivity (Wildman–Crippen MR) is 143 cm³/mol. The molecule has 7 nitrogen and oxygen atoms in total. The number of carbonyl (C=O) groups excluding carboxylic acids is 1. The molecule has 8 heteroatoms. The van der Waals surface area contributed by atoms with Crippen LogP contribution in [0, 0.1) is 5.41 Å². The molecule has 0 bridgehead atoms. The Labute approximate surface area is 207 Å². The van der Waals surface area contributed by atoms with Crippen molar-refractivity contribution in [2.24, 2.45) is 5.73 Å². The number of rotatable bonds is 11. The molecule has 0 aliphatic heterocycles. The lowest BCUT2D eigenvalue weighted by Gasteiger charge is -2.25. The van der Waals surface area contributed by atoms with E-state index >= 15 is 0 Å². The summed E-state index contributed by atoms with van der Waals surface area (Å²) >= 11 is 0. The van der Waals surface area contributed by atoms with Crippen LogP contribution in [0.2, 0.25) is 0 Å². The van der Waals surface area contributed by atoms with Crippen LogP contribution in [0.3, 0.4) is 0 Å². The van der Waals surface area contributed by atoms with Gasteiger partial charge in [0, 0.05) is 35.3 Å². The van der Waals surface area contributed by atoms with Gasteiger partial charge in [-0.2, -0.15) is 0 Å². The molecule has 1 amide bonds. The lowest BCUT2D eigenvalue weighted by atomic mass is 10.1. The van der Waals surface area contributed by atoms with E-state index in [4.69, 9.17) is 11.1 Å². The zero-order valence-electron chi connectivity index (χ0n) is 20.1. The van der Waals surface area contributed by atoms with Crippen molar-refractivity contribution in [1.82, 2.24) is 0 Å². The highest BCUT2D eigenvalue weighted by Gasteiger charge is 2.15. The van der Waals surface area contributed by atoms with Gasteiger partial charge in [-0.3, -0.25) is 10.2 Å². The number of benzene rings is 3. The number of hydrogen-bond donors (Lipinski definition) is 3. The maximum Gasteiger partial charge on any atom is 0.243 e. The van der Waals surface area contributed by atoms with Crippen molar-refractivity contribution in [3.05, 3.63) is 78.4 Å². The Morgan fingerprint density at radius 3 is 2.37 bits per heavy atom. The van der Waals surface area contributed by atoms with Gasteiger partial charge in [0.15, 0.2) is 9.84 Å². The third-order valence-corrected chi connectivity index (χ3v) is 6.81. The molecule has 0 saturated carbocycles. The first-order valence-corrected chi connectivity index (χ1v) is 13.5. The molecule has 35 heavy (non-hydrogen) atoms. The number of nitrogens with one attached hydrogen (secondary N) is 2. The third kappa shape index (κ3) is 7.16. The Kier molecular flexibility index (Phi) is 8.65. The summed E-state index contributed by atoms with van der Waals surface area (Å²) < 4.78 is 24.3. The summed E-state index contributed by atoms with van der Waals surface area (Å²) in [5.74, 6) is -0.179. The normalized spacial score (nSPS) is 11.1. The average molecular weight is 493 g/mol.